The number of fused-ring (bicyclic) bond motifs is 1. The lowest BCUT2D eigenvalue weighted by Crippen LogP contribution is -2.00. The van der Waals surface area contributed by atoms with Gasteiger partial charge in [0.15, 0.2) is 5.78 Å². The molecule has 26 heavy (non-hydrogen) atoms. The molecule has 0 saturated heterocycles. The topological polar surface area (TPSA) is 45.8 Å². The van der Waals surface area contributed by atoms with Crippen LogP contribution in [-0.2, 0) is 0 Å². The average Bonchev–Trinajstić information content (AvgIpc) is 3.10. The Labute approximate surface area is 149 Å². The van der Waals surface area contributed by atoms with Crippen molar-refractivity contribution in [3.05, 3.63) is 101 Å². The van der Waals surface area contributed by atoms with Crippen molar-refractivity contribution in [1.29, 1.82) is 0 Å². The molecule has 0 radical (unpaired) electrons. The molecule has 1 N–H and O–H groups in total. The number of carbonyl (C=O) groups is 1. The van der Waals surface area contributed by atoms with Crippen molar-refractivity contribution < 1.29 is 9.18 Å². The van der Waals surface area contributed by atoms with Crippen LogP contribution in [0.5, 0.6) is 0 Å². The number of ketones is 1. The number of hydrogen-bond acceptors (Lipinski definition) is 2. The molecule has 0 bridgehead atoms. The average molecular weight is 342 g/mol. The van der Waals surface area contributed by atoms with Gasteiger partial charge in [0.2, 0.25) is 0 Å². The molecular weight excluding hydrogens is 327 g/mol. The van der Waals surface area contributed by atoms with Crippen LogP contribution in [0.4, 0.5) is 4.39 Å². The minimum absolute atomic E-state index is 0.0227. The molecule has 0 spiro atoms. The van der Waals surface area contributed by atoms with E-state index >= 15 is 0 Å². The van der Waals surface area contributed by atoms with Crippen LogP contribution in [0.3, 0.4) is 0 Å². The number of nitrogens with one attached hydrogen (secondary N) is 1. The summed E-state index contributed by atoms with van der Waals surface area (Å²) >= 11 is 0. The summed E-state index contributed by atoms with van der Waals surface area (Å²) in [4.78, 5) is 20.2. The van der Waals surface area contributed by atoms with E-state index in [2.05, 4.69) is 9.97 Å². The molecule has 126 valence electrons. The molecule has 0 aliphatic rings. The van der Waals surface area contributed by atoms with E-state index in [0.717, 1.165) is 16.6 Å². The first-order chi connectivity index (χ1) is 12.7. The molecule has 0 aliphatic heterocycles. The van der Waals surface area contributed by atoms with Gasteiger partial charge in [0, 0.05) is 11.1 Å². The molecule has 1 heterocycles. The lowest BCUT2D eigenvalue weighted by Gasteiger charge is -2.00. The maximum Gasteiger partial charge on any atom is 0.193 e. The molecule has 0 amide bonds. The number of rotatable bonds is 4. The van der Waals surface area contributed by atoms with E-state index < -0.39 is 0 Å². The Hall–Kier alpha value is -3.53. The van der Waals surface area contributed by atoms with Gasteiger partial charge in [-0.3, -0.25) is 4.79 Å². The van der Waals surface area contributed by atoms with E-state index in [1.54, 1.807) is 30.3 Å². The predicted octanol–water partition coefficient (Wildman–Crippen LogP) is 5.10. The van der Waals surface area contributed by atoms with Gasteiger partial charge >= 0.3 is 0 Å². The first kappa shape index (κ1) is 16.0. The third-order valence-electron chi connectivity index (χ3n) is 4.10. The number of hydrogen-bond donors (Lipinski definition) is 1. The van der Waals surface area contributed by atoms with E-state index in [-0.39, 0.29) is 11.6 Å². The highest BCUT2D eigenvalue weighted by atomic mass is 19.1. The highest BCUT2D eigenvalue weighted by molar-refractivity contribution is 6.10. The van der Waals surface area contributed by atoms with Crippen LogP contribution in [0, 0.1) is 5.82 Å². The second-order valence-corrected chi connectivity index (χ2v) is 5.93. The lowest BCUT2D eigenvalue weighted by molar-refractivity contribution is 0.103. The van der Waals surface area contributed by atoms with Gasteiger partial charge < -0.3 is 4.98 Å². The van der Waals surface area contributed by atoms with Crippen LogP contribution in [0.25, 0.3) is 23.2 Å². The predicted molar refractivity (Wildman–Crippen MR) is 101 cm³/mol. The summed E-state index contributed by atoms with van der Waals surface area (Å²) < 4.78 is 12.9. The van der Waals surface area contributed by atoms with Crippen molar-refractivity contribution >= 4 is 29.0 Å². The van der Waals surface area contributed by atoms with Crippen LogP contribution in [-0.4, -0.2) is 15.8 Å². The summed E-state index contributed by atoms with van der Waals surface area (Å²) in [6, 6.07) is 20.8. The molecular formula is C22H15FN2O. The summed E-state index contributed by atoms with van der Waals surface area (Å²) in [7, 11) is 0. The van der Waals surface area contributed by atoms with Crippen molar-refractivity contribution in [3.63, 3.8) is 0 Å². The minimum Gasteiger partial charge on any atom is -0.338 e. The number of nitrogens with zero attached hydrogens (tertiary/aromatic N) is 1. The maximum absolute atomic E-state index is 12.9. The van der Waals surface area contributed by atoms with Gasteiger partial charge in [-0.2, -0.15) is 0 Å². The van der Waals surface area contributed by atoms with Crippen LogP contribution >= 0.6 is 0 Å². The number of H-pyrrole nitrogens is 1. The van der Waals surface area contributed by atoms with Gasteiger partial charge in [-0.25, -0.2) is 9.37 Å². The van der Waals surface area contributed by atoms with Crippen molar-refractivity contribution in [2.75, 3.05) is 0 Å². The highest BCUT2D eigenvalue weighted by Gasteiger charge is 2.10. The van der Waals surface area contributed by atoms with Crippen molar-refractivity contribution in [1.82, 2.24) is 9.97 Å². The molecule has 4 aromatic rings. The second kappa shape index (κ2) is 6.76. The molecule has 4 heteroatoms. The first-order valence-electron chi connectivity index (χ1n) is 8.22. The lowest BCUT2D eigenvalue weighted by atomic mass is 10.0. The zero-order valence-corrected chi connectivity index (χ0v) is 13.8. The quantitative estimate of drug-likeness (QED) is 0.524. The number of imidazole rings is 1. The number of benzene rings is 3. The second-order valence-electron chi connectivity index (χ2n) is 5.93. The third-order valence-corrected chi connectivity index (χ3v) is 4.10. The summed E-state index contributed by atoms with van der Waals surface area (Å²) in [5, 5.41) is 0. The zero-order chi connectivity index (χ0) is 17.9. The van der Waals surface area contributed by atoms with Crippen LogP contribution in [0.1, 0.15) is 27.3 Å². The van der Waals surface area contributed by atoms with Crippen molar-refractivity contribution in [2.45, 2.75) is 0 Å². The van der Waals surface area contributed by atoms with Gasteiger partial charge in [0.1, 0.15) is 11.6 Å². The highest BCUT2D eigenvalue weighted by Crippen LogP contribution is 2.18. The van der Waals surface area contributed by atoms with Gasteiger partial charge in [0.25, 0.3) is 0 Å². The summed E-state index contributed by atoms with van der Waals surface area (Å²) in [6.45, 7) is 0. The van der Waals surface area contributed by atoms with E-state index in [1.165, 1.54) is 12.1 Å². The molecule has 4 rings (SSSR count). The summed E-state index contributed by atoms with van der Waals surface area (Å²) in [5.41, 5.74) is 3.73. The molecule has 3 nitrogen and oxygen atoms in total. The van der Waals surface area contributed by atoms with E-state index in [9.17, 15) is 9.18 Å². The fourth-order valence-corrected chi connectivity index (χ4v) is 2.75. The third kappa shape index (κ3) is 3.30. The zero-order valence-electron chi connectivity index (χ0n) is 13.8. The monoisotopic (exact) mass is 342 g/mol. The molecule has 1 aromatic heterocycles. The number of carbonyl (C=O) groups excluding carboxylic acids is 1. The van der Waals surface area contributed by atoms with Gasteiger partial charge in [-0.05, 0) is 42.0 Å². The Morgan fingerprint density at radius 2 is 1.65 bits per heavy atom. The van der Waals surface area contributed by atoms with Crippen LogP contribution in [0.15, 0.2) is 72.8 Å². The van der Waals surface area contributed by atoms with E-state index in [4.69, 9.17) is 0 Å². The van der Waals surface area contributed by atoms with E-state index in [0.29, 0.717) is 17.0 Å². The molecule has 0 saturated carbocycles. The minimum atomic E-state index is -0.263. The Bertz CT molecular complexity index is 1100. The van der Waals surface area contributed by atoms with Crippen molar-refractivity contribution in [3.8, 4) is 0 Å². The standard InChI is InChI=1S/C22H15FN2O/c23-18-10-6-15(7-11-18)8-13-21-24-19-12-9-17(14-20(19)25-21)22(26)16-4-2-1-3-5-16/h1-14H,(H,24,25)/b13-8+. The van der Waals surface area contributed by atoms with Gasteiger partial charge in [0.05, 0.1) is 11.0 Å². The molecule has 0 fully saturated rings. The van der Waals surface area contributed by atoms with E-state index in [1.807, 2.05) is 42.5 Å². The molecule has 0 unspecified atom stereocenters. The van der Waals surface area contributed by atoms with Crippen LogP contribution < -0.4 is 0 Å². The number of halogens is 1. The summed E-state index contributed by atoms with van der Waals surface area (Å²) in [6.07, 6.45) is 3.68. The Morgan fingerprint density at radius 3 is 2.42 bits per heavy atom. The maximum atomic E-state index is 12.9. The SMILES string of the molecule is O=C(c1ccccc1)c1ccc2nc(/C=C/c3ccc(F)cc3)[nH]c2c1. The largest absolute Gasteiger partial charge is 0.338 e. The smallest absolute Gasteiger partial charge is 0.193 e. The van der Waals surface area contributed by atoms with Gasteiger partial charge in [-0.15, -0.1) is 0 Å². The van der Waals surface area contributed by atoms with Gasteiger partial charge in [-0.1, -0.05) is 48.5 Å². The molecule has 0 atom stereocenters. The molecule has 0 aliphatic carbocycles. The fourth-order valence-electron chi connectivity index (χ4n) is 2.75. The molecule has 3 aromatic carbocycles. The summed E-state index contributed by atoms with van der Waals surface area (Å²) in [5.74, 6) is 0.389. The number of aromatic amines is 1. The Balaban J connectivity index is 1.61. The first-order valence-corrected chi connectivity index (χ1v) is 8.22. The van der Waals surface area contributed by atoms with Crippen molar-refractivity contribution in [2.24, 2.45) is 0 Å². The fraction of sp³-hybridized carbons (Fsp3) is 0. The Kier molecular flexibility index (Phi) is 4.15. The number of aromatic nitrogens is 2. The normalized spacial score (nSPS) is 11.3. The Morgan fingerprint density at radius 1 is 0.885 bits per heavy atom. The van der Waals surface area contributed by atoms with Crippen LogP contribution in [0.2, 0.25) is 0 Å².